The van der Waals surface area contributed by atoms with Crippen LogP contribution < -0.4 is 21.5 Å². The predicted octanol–water partition coefficient (Wildman–Crippen LogP) is 2.19. The van der Waals surface area contributed by atoms with Crippen LogP contribution in [0.4, 0.5) is 4.79 Å². The maximum atomic E-state index is 12.1. The molecule has 4 amide bonds. The quantitative estimate of drug-likeness (QED) is 0.483. The van der Waals surface area contributed by atoms with E-state index >= 15 is 0 Å². The Morgan fingerprint density at radius 1 is 1.03 bits per heavy atom. The standard InChI is InChI=1S/C13H18N2O3.C11H14N2O/c1-2-13(9-7-5-3-4-6-8-9)10(16)14-12(18)15-11(13)17;14-11-3-1-2-10-9-4-8(5-12-6-9)7-13(10)11/h7H,2-6,8H2,1H3,(H2,14,15,16,17,18);1-3,8-9,12H,4-7H2/t;8-,9+/m.0/s1. The highest BCUT2D eigenvalue weighted by molar-refractivity contribution is 6.21. The van der Waals surface area contributed by atoms with E-state index in [1.54, 1.807) is 13.0 Å². The molecule has 0 unspecified atom stereocenters. The fourth-order valence-corrected chi connectivity index (χ4v) is 5.54. The predicted molar refractivity (Wildman–Crippen MR) is 120 cm³/mol. The molecule has 0 radical (unpaired) electrons. The van der Waals surface area contributed by atoms with Crippen molar-refractivity contribution in [2.75, 3.05) is 13.1 Å². The van der Waals surface area contributed by atoms with E-state index in [2.05, 4.69) is 22.0 Å². The first-order valence-electron chi connectivity index (χ1n) is 11.7. The highest BCUT2D eigenvalue weighted by Gasteiger charge is 2.51. The van der Waals surface area contributed by atoms with E-state index in [0.717, 1.165) is 57.3 Å². The number of carbonyl (C=O) groups excluding carboxylic acids is 3. The monoisotopic (exact) mass is 440 g/mol. The van der Waals surface area contributed by atoms with E-state index in [1.165, 1.54) is 12.1 Å². The van der Waals surface area contributed by atoms with Crippen LogP contribution in [0.15, 0.2) is 34.6 Å². The Morgan fingerprint density at radius 2 is 1.81 bits per heavy atom. The molecule has 1 aromatic rings. The van der Waals surface area contributed by atoms with Gasteiger partial charge in [-0.15, -0.1) is 0 Å². The third-order valence-electron chi connectivity index (χ3n) is 7.23. The Labute approximate surface area is 187 Å². The lowest BCUT2D eigenvalue weighted by Gasteiger charge is -2.37. The number of hydrogen-bond donors (Lipinski definition) is 3. The van der Waals surface area contributed by atoms with E-state index < -0.39 is 23.3 Å². The zero-order valence-electron chi connectivity index (χ0n) is 18.6. The molecular weight excluding hydrogens is 408 g/mol. The normalized spacial score (nSPS) is 26.4. The number of rotatable bonds is 2. The highest BCUT2D eigenvalue weighted by Crippen LogP contribution is 2.38. The molecule has 2 saturated heterocycles. The van der Waals surface area contributed by atoms with Crippen LogP contribution in [0.3, 0.4) is 0 Å². The van der Waals surface area contributed by atoms with E-state index in [0.29, 0.717) is 18.3 Å². The first-order valence-corrected chi connectivity index (χ1v) is 11.7. The van der Waals surface area contributed by atoms with Crippen LogP contribution >= 0.6 is 0 Å². The Hall–Kier alpha value is -2.74. The largest absolute Gasteiger partial charge is 0.328 e. The second-order valence-corrected chi connectivity index (χ2v) is 9.18. The molecule has 3 aliphatic heterocycles. The lowest BCUT2D eigenvalue weighted by Crippen LogP contribution is -2.62. The molecule has 2 bridgehead atoms. The van der Waals surface area contributed by atoms with Crippen molar-refractivity contribution < 1.29 is 14.4 Å². The van der Waals surface area contributed by atoms with Crippen molar-refractivity contribution in [1.82, 2.24) is 20.5 Å². The van der Waals surface area contributed by atoms with Crippen LogP contribution in [-0.2, 0) is 16.1 Å². The van der Waals surface area contributed by atoms with Crippen molar-refractivity contribution >= 4 is 17.8 Å². The van der Waals surface area contributed by atoms with Gasteiger partial charge in [0.1, 0.15) is 5.41 Å². The summed E-state index contributed by atoms with van der Waals surface area (Å²) in [6.07, 6.45) is 8.47. The third-order valence-corrected chi connectivity index (χ3v) is 7.23. The zero-order chi connectivity index (χ0) is 22.7. The van der Waals surface area contributed by atoms with E-state index in [1.807, 2.05) is 16.7 Å². The van der Waals surface area contributed by atoms with Gasteiger partial charge in [0.2, 0.25) is 11.8 Å². The number of hydrogen-bond acceptors (Lipinski definition) is 5. The zero-order valence-corrected chi connectivity index (χ0v) is 18.6. The summed E-state index contributed by atoms with van der Waals surface area (Å²) < 4.78 is 1.96. The second-order valence-electron chi connectivity index (χ2n) is 9.18. The molecule has 1 aliphatic carbocycles. The van der Waals surface area contributed by atoms with Gasteiger partial charge in [-0.3, -0.25) is 25.0 Å². The number of piperidine rings is 1. The summed E-state index contributed by atoms with van der Waals surface area (Å²) in [4.78, 5) is 47.1. The van der Waals surface area contributed by atoms with Crippen molar-refractivity contribution in [3.8, 4) is 0 Å². The van der Waals surface area contributed by atoms with Crippen molar-refractivity contribution in [2.24, 2.45) is 11.3 Å². The van der Waals surface area contributed by atoms with Crippen LogP contribution in [-0.4, -0.2) is 35.5 Å². The number of allylic oxidation sites excluding steroid dienone is 1. The van der Waals surface area contributed by atoms with Crippen LogP contribution in [0, 0.1) is 11.3 Å². The molecule has 3 N–H and O–H groups in total. The number of carbonyl (C=O) groups is 3. The molecule has 8 nitrogen and oxygen atoms in total. The number of aromatic nitrogens is 1. The van der Waals surface area contributed by atoms with E-state index in [9.17, 15) is 19.2 Å². The summed E-state index contributed by atoms with van der Waals surface area (Å²) in [6, 6.07) is 4.92. The number of amides is 4. The van der Waals surface area contributed by atoms with Gasteiger partial charge in [-0.25, -0.2) is 4.79 Å². The van der Waals surface area contributed by atoms with E-state index in [-0.39, 0.29) is 5.56 Å². The molecule has 8 heteroatoms. The van der Waals surface area contributed by atoms with Gasteiger partial charge >= 0.3 is 6.03 Å². The summed E-state index contributed by atoms with van der Waals surface area (Å²) in [5.74, 6) is 0.247. The Balaban J connectivity index is 0.000000157. The second kappa shape index (κ2) is 9.40. The number of fused-ring (bicyclic) bond motifs is 4. The maximum Gasteiger partial charge on any atom is 0.328 e. The molecule has 0 aromatic carbocycles. The number of barbiturate groups is 1. The van der Waals surface area contributed by atoms with Crippen LogP contribution in [0.1, 0.15) is 63.5 Å². The third kappa shape index (κ3) is 4.16. The lowest BCUT2D eigenvalue weighted by atomic mass is 9.73. The number of nitrogens with one attached hydrogen (secondary N) is 3. The first kappa shape index (κ1) is 22.5. The summed E-state index contributed by atoms with van der Waals surface area (Å²) in [5.41, 5.74) is 1.07. The minimum Gasteiger partial charge on any atom is -0.316 e. The van der Waals surface area contributed by atoms with Gasteiger partial charge in [0.05, 0.1) is 0 Å². The van der Waals surface area contributed by atoms with E-state index in [4.69, 9.17) is 0 Å². The minimum absolute atomic E-state index is 0.166. The van der Waals surface area contributed by atoms with Gasteiger partial charge in [-0.1, -0.05) is 25.5 Å². The lowest BCUT2D eigenvalue weighted by molar-refractivity contribution is -0.142. The molecule has 5 rings (SSSR count). The number of pyridine rings is 1. The highest BCUT2D eigenvalue weighted by atomic mass is 16.2. The Kier molecular flexibility index (Phi) is 6.60. The fourth-order valence-electron chi connectivity index (χ4n) is 5.54. The summed E-state index contributed by atoms with van der Waals surface area (Å²) in [7, 11) is 0. The van der Waals surface area contributed by atoms with Crippen molar-refractivity contribution in [3.05, 3.63) is 45.9 Å². The SMILES string of the molecule is CCC1(C2=CCCCCC2)C(=O)NC(=O)NC1=O.O=c1cccc2n1C[C@@H]1CNC[C@H]2C1. The molecule has 0 spiro atoms. The van der Waals surface area contributed by atoms with Gasteiger partial charge in [-0.05, 0) is 62.6 Å². The van der Waals surface area contributed by atoms with Gasteiger partial charge in [-0.2, -0.15) is 0 Å². The molecule has 0 saturated carbocycles. The summed E-state index contributed by atoms with van der Waals surface area (Å²) in [5, 5.41) is 7.87. The number of imide groups is 2. The minimum atomic E-state index is -1.18. The Morgan fingerprint density at radius 3 is 2.56 bits per heavy atom. The van der Waals surface area contributed by atoms with Crippen molar-refractivity contribution in [2.45, 2.75) is 64.3 Å². The number of nitrogens with zero attached hydrogens (tertiary/aromatic N) is 1. The van der Waals surface area contributed by atoms with Crippen molar-refractivity contribution in [1.29, 1.82) is 0 Å². The molecule has 4 aliphatic rings. The van der Waals surface area contributed by atoms with Crippen molar-refractivity contribution in [3.63, 3.8) is 0 Å². The van der Waals surface area contributed by atoms with Gasteiger partial charge < -0.3 is 9.88 Å². The maximum absolute atomic E-state index is 12.1. The first-order chi connectivity index (χ1) is 15.5. The van der Waals surface area contributed by atoms with Gasteiger partial charge in [0.25, 0.3) is 5.56 Å². The van der Waals surface area contributed by atoms with Crippen LogP contribution in [0.5, 0.6) is 0 Å². The van der Waals surface area contributed by atoms with Gasteiger partial charge in [0.15, 0.2) is 0 Å². The Bertz CT molecular complexity index is 976. The molecule has 4 heterocycles. The molecular formula is C24H32N4O4. The fraction of sp³-hybridized carbons (Fsp3) is 0.583. The molecule has 2 atom stereocenters. The number of urea groups is 1. The van der Waals surface area contributed by atoms with Crippen LogP contribution in [0.2, 0.25) is 0 Å². The van der Waals surface area contributed by atoms with Gasteiger partial charge in [0, 0.05) is 30.8 Å². The summed E-state index contributed by atoms with van der Waals surface area (Å²) in [6.45, 7) is 4.80. The average molecular weight is 441 g/mol. The van der Waals surface area contributed by atoms with Crippen LogP contribution in [0.25, 0.3) is 0 Å². The molecule has 172 valence electrons. The summed E-state index contributed by atoms with van der Waals surface area (Å²) >= 11 is 0. The molecule has 1 aromatic heterocycles. The average Bonchev–Trinajstić information content (AvgIpc) is 3.05. The molecule has 32 heavy (non-hydrogen) atoms. The molecule has 2 fully saturated rings. The topological polar surface area (TPSA) is 109 Å². The smallest absolute Gasteiger partial charge is 0.316 e.